The molecule has 1 aromatic carbocycles. The van der Waals surface area contributed by atoms with Crippen LogP contribution in [-0.2, 0) is 0 Å². The Bertz CT molecular complexity index is 931. The highest BCUT2D eigenvalue weighted by molar-refractivity contribution is 7.13. The van der Waals surface area contributed by atoms with E-state index in [-0.39, 0.29) is 22.5 Å². The SMILES string of the molecule is NC1=NC2(CCCCC2)N(c2cc(-c3cccs3)ccc2[N+](=O)[O-])C(N)=N1. The minimum Gasteiger partial charge on any atom is -0.369 e. The van der Waals surface area contributed by atoms with E-state index in [9.17, 15) is 10.1 Å². The lowest BCUT2D eigenvalue weighted by molar-refractivity contribution is -0.384. The normalized spacial score (nSPS) is 18.9. The molecular weight excluding hydrogens is 364 g/mol. The first-order valence-corrected chi connectivity index (χ1v) is 9.70. The molecule has 1 fully saturated rings. The van der Waals surface area contributed by atoms with Crippen LogP contribution in [0.3, 0.4) is 0 Å². The van der Waals surface area contributed by atoms with Crippen molar-refractivity contribution in [1.82, 2.24) is 0 Å². The Balaban J connectivity index is 1.90. The van der Waals surface area contributed by atoms with Gasteiger partial charge >= 0.3 is 0 Å². The monoisotopic (exact) mass is 384 g/mol. The minimum absolute atomic E-state index is 0.0194. The minimum atomic E-state index is -0.715. The molecule has 0 atom stereocenters. The Labute approximate surface area is 160 Å². The zero-order valence-electron chi connectivity index (χ0n) is 14.7. The number of guanidine groups is 2. The van der Waals surface area contributed by atoms with Gasteiger partial charge in [-0.1, -0.05) is 12.5 Å². The summed E-state index contributed by atoms with van der Waals surface area (Å²) < 4.78 is 0. The molecule has 0 unspecified atom stereocenters. The van der Waals surface area contributed by atoms with E-state index in [1.165, 1.54) is 6.07 Å². The van der Waals surface area contributed by atoms with Crippen LogP contribution in [-0.4, -0.2) is 22.5 Å². The maximum atomic E-state index is 11.7. The summed E-state index contributed by atoms with van der Waals surface area (Å²) in [6.45, 7) is 0. The number of hydrogen-bond acceptors (Lipinski definition) is 8. The second-order valence-corrected chi connectivity index (χ2v) is 7.70. The molecule has 2 aliphatic rings. The third-order valence-electron chi connectivity index (χ3n) is 5.07. The highest BCUT2D eigenvalue weighted by Crippen LogP contribution is 2.44. The van der Waals surface area contributed by atoms with Crippen LogP contribution in [0.4, 0.5) is 11.4 Å². The van der Waals surface area contributed by atoms with Gasteiger partial charge in [0, 0.05) is 10.9 Å². The van der Waals surface area contributed by atoms with Gasteiger partial charge in [0.25, 0.3) is 5.69 Å². The van der Waals surface area contributed by atoms with Crippen LogP contribution in [0.5, 0.6) is 0 Å². The van der Waals surface area contributed by atoms with Gasteiger partial charge in [0.1, 0.15) is 11.4 Å². The lowest BCUT2D eigenvalue weighted by Gasteiger charge is -2.45. The number of aliphatic imine (C=N–C) groups is 2. The average molecular weight is 384 g/mol. The Morgan fingerprint density at radius 1 is 1.19 bits per heavy atom. The van der Waals surface area contributed by atoms with Crippen molar-refractivity contribution in [2.75, 3.05) is 4.90 Å². The number of thiophene rings is 1. The van der Waals surface area contributed by atoms with Gasteiger partial charge in [-0.15, -0.1) is 11.3 Å². The third-order valence-corrected chi connectivity index (χ3v) is 5.99. The van der Waals surface area contributed by atoms with Crippen LogP contribution in [0.15, 0.2) is 45.7 Å². The van der Waals surface area contributed by atoms with Crippen LogP contribution in [0.1, 0.15) is 32.1 Å². The summed E-state index contributed by atoms with van der Waals surface area (Å²) in [5.41, 5.74) is 12.7. The first-order chi connectivity index (χ1) is 13.0. The van der Waals surface area contributed by atoms with Crippen LogP contribution < -0.4 is 16.4 Å². The molecule has 0 radical (unpaired) electrons. The largest absolute Gasteiger partial charge is 0.369 e. The van der Waals surface area contributed by atoms with E-state index in [0.29, 0.717) is 5.69 Å². The number of rotatable bonds is 3. The lowest BCUT2D eigenvalue weighted by Crippen LogP contribution is -2.58. The molecule has 4 N–H and O–H groups in total. The van der Waals surface area contributed by atoms with E-state index >= 15 is 0 Å². The number of benzene rings is 1. The second-order valence-electron chi connectivity index (χ2n) is 6.76. The highest BCUT2D eigenvalue weighted by atomic mass is 32.1. The van der Waals surface area contributed by atoms with Crippen molar-refractivity contribution < 1.29 is 4.92 Å². The van der Waals surface area contributed by atoms with Gasteiger partial charge in [-0.25, -0.2) is 4.99 Å². The molecule has 1 spiro atoms. The van der Waals surface area contributed by atoms with Crippen molar-refractivity contribution in [1.29, 1.82) is 0 Å². The van der Waals surface area contributed by atoms with Crippen LogP contribution in [0.25, 0.3) is 10.4 Å². The van der Waals surface area contributed by atoms with Gasteiger partial charge in [-0.05, 0) is 54.8 Å². The van der Waals surface area contributed by atoms with E-state index in [0.717, 1.165) is 42.5 Å². The lowest BCUT2D eigenvalue weighted by atomic mass is 9.87. The number of nitrogens with zero attached hydrogens (tertiary/aromatic N) is 4. The zero-order valence-corrected chi connectivity index (χ0v) is 15.5. The Morgan fingerprint density at radius 3 is 2.63 bits per heavy atom. The van der Waals surface area contributed by atoms with Gasteiger partial charge in [0.2, 0.25) is 11.9 Å². The van der Waals surface area contributed by atoms with Crippen molar-refractivity contribution >= 4 is 34.6 Å². The summed E-state index contributed by atoms with van der Waals surface area (Å²) in [7, 11) is 0. The highest BCUT2D eigenvalue weighted by Gasteiger charge is 2.44. The molecule has 1 aliphatic heterocycles. The fraction of sp³-hybridized carbons (Fsp3) is 0.333. The molecule has 0 saturated heterocycles. The summed E-state index contributed by atoms with van der Waals surface area (Å²) in [5, 5.41) is 13.7. The summed E-state index contributed by atoms with van der Waals surface area (Å²) in [5.74, 6) is 0.276. The van der Waals surface area contributed by atoms with Gasteiger partial charge < -0.3 is 11.5 Å². The molecule has 1 aromatic heterocycles. The molecular formula is C18H20N6O2S. The quantitative estimate of drug-likeness (QED) is 0.620. The molecule has 0 amide bonds. The smallest absolute Gasteiger partial charge is 0.293 e. The predicted molar refractivity (Wildman–Crippen MR) is 108 cm³/mol. The summed E-state index contributed by atoms with van der Waals surface area (Å²) >= 11 is 1.58. The molecule has 27 heavy (non-hydrogen) atoms. The van der Waals surface area contributed by atoms with Gasteiger partial charge in [0.05, 0.1) is 4.92 Å². The maximum absolute atomic E-state index is 11.7. The summed E-state index contributed by atoms with van der Waals surface area (Å²) in [6.07, 6.45) is 4.46. The fourth-order valence-electron chi connectivity index (χ4n) is 3.92. The van der Waals surface area contributed by atoms with E-state index in [1.54, 1.807) is 28.4 Å². The number of nitrogens with two attached hydrogens (primary N) is 2. The van der Waals surface area contributed by atoms with Gasteiger partial charge in [0.15, 0.2) is 0 Å². The fourth-order valence-corrected chi connectivity index (χ4v) is 4.65. The first kappa shape index (κ1) is 17.5. The van der Waals surface area contributed by atoms with Gasteiger partial charge in [-0.2, -0.15) is 4.99 Å². The molecule has 1 aliphatic carbocycles. The Kier molecular flexibility index (Phi) is 4.31. The topological polar surface area (TPSA) is 123 Å². The van der Waals surface area contributed by atoms with E-state index in [4.69, 9.17) is 11.5 Å². The summed E-state index contributed by atoms with van der Waals surface area (Å²) in [4.78, 5) is 22.8. The second kappa shape index (κ2) is 6.66. The molecule has 140 valence electrons. The number of hydrogen-bond donors (Lipinski definition) is 2. The summed E-state index contributed by atoms with van der Waals surface area (Å²) in [6, 6.07) is 9.02. The number of nitro groups is 1. The van der Waals surface area contributed by atoms with Crippen molar-refractivity contribution in [2.24, 2.45) is 21.5 Å². The molecule has 0 bridgehead atoms. The van der Waals surface area contributed by atoms with Crippen molar-refractivity contribution in [3.8, 4) is 10.4 Å². The predicted octanol–water partition coefficient (Wildman–Crippen LogP) is 3.43. The van der Waals surface area contributed by atoms with E-state index in [2.05, 4.69) is 9.98 Å². The van der Waals surface area contributed by atoms with Crippen molar-refractivity contribution in [3.05, 3.63) is 45.8 Å². The number of nitro benzene ring substituents is 1. The first-order valence-electron chi connectivity index (χ1n) is 8.82. The zero-order chi connectivity index (χ0) is 19.0. The Hall–Kier alpha value is -2.94. The molecule has 4 rings (SSSR count). The molecule has 2 aromatic rings. The van der Waals surface area contributed by atoms with E-state index < -0.39 is 5.66 Å². The number of anilines is 1. The molecule has 8 nitrogen and oxygen atoms in total. The van der Waals surface area contributed by atoms with Crippen molar-refractivity contribution in [2.45, 2.75) is 37.8 Å². The average Bonchev–Trinajstić information content (AvgIpc) is 3.16. The maximum Gasteiger partial charge on any atom is 0.293 e. The van der Waals surface area contributed by atoms with E-state index in [1.807, 2.05) is 17.5 Å². The molecule has 9 heteroatoms. The Morgan fingerprint density at radius 2 is 1.96 bits per heavy atom. The molecule has 2 heterocycles. The van der Waals surface area contributed by atoms with Crippen LogP contribution in [0.2, 0.25) is 0 Å². The van der Waals surface area contributed by atoms with Crippen molar-refractivity contribution in [3.63, 3.8) is 0 Å². The van der Waals surface area contributed by atoms with Gasteiger partial charge in [-0.3, -0.25) is 15.0 Å². The third kappa shape index (κ3) is 3.03. The molecule has 1 saturated carbocycles. The standard InChI is InChI=1S/C18H20N6O2S/c19-16-21-17(20)23(18(22-16)8-2-1-3-9-18)14-11-12(15-5-4-10-27-15)6-7-13(14)24(25)26/h4-7,10-11H,1-3,8-9H2,(H4,19,20,21,22). The van der Waals surface area contributed by atoms with Crippen LogP contribution >= 0.6 is 11.3 Å². The van der Waals surface area contributed by atoms with Crippen LogP contribution in [0, 0.1) is 10.1 Å².